The zero-order chi connectivity index (χ0) is 35.5. The SMILES string of the molecule is CC(=O)Oc1ccc2c(c1)C[C@@H](CCCCCN(C)CCCSCCCC(F)(F)C(F)(F)F)[C@@H]1[C@@H]2CC[C@@]2(C)[C@H]1CC[C@@]21CCCC(=O)O1. The summed E-state index contributed by atoms with van der Waals surface area (Å²) >= 11 is 1.44. The lowest BCUT2D eigenvalue weighted by Crippen LogP contribution is -2.55. The molecule has 1 aromatic rings. The number of thioether (sulfide) groups is 1. The maximum atomic E-state index is 13.1. The smallest absolute Gasteiger partial charge is 0.453 e. The third kappa shape index (κ3) is 8.61. The molecular weight excluding hydrogens is 661 g/mol. The van der Waals surface area contributed by atoms with Gasteiger partial charge in [0.05, 0.1) is 0 Å². The minimum absolute atomic E-state index is 0.00712. The van der Waals surface area contributed by atoms with Crippen LogP contribution >= 0.6 is 11.8 Å². The molecule has 0 unspecified atom stereocenters. The monoisotopic (exact) mass is 715 g/mol. The molecule has 1 spiro atoms. The molecule has 3 aliphatic carbocycles. The van der Waals surface area contributed by atoms with Gasteiger partial charge in [-0.25, -0.2) is 0 Å². The number of carbonyl (C=O) groups excluding carboxylic acids is 2. The normalized spacial score (nSPS) is 29.8. The van der Waals surface area contributed by atoms with Crippen LogP contribution in [0.15, 0.2) is 18.2 Å². The Morgan fingerprint density at radius 1 is 1.02 bits per heavy atom. The van der Waals surface area contributed by atoms with Gasteiger partial charge in [-0.15, -0.1) is 0 Å². The number of nitrogens with zero attached hydrogens (tertiary/aromatic N) is 1. The van der Waals surface area contributed by atoms with E-state index in [0.717, 1.165) is 95.9 Å². The first-order valence-corrected chi connectivity index (χ1v) is 19.6. The summed E-state index contributed by atoms with van der Waals surface area (Å²) in [5.41, 5.74) is 2.37. The lowest BCUT2D eigenvalue weighted by molar-refractivity contribution is -0.284. The molecule has 0 aromatic heterocycles. The van der Waals surface area contributed by atoms with E-state index in [-0.39, 0.29) is 29.4 Å². The molecule has 1 aromatic carbocycles. The average molecular weight is 716 g/mol. The van der Waals surface area contributed by atoms with Crippen molar-refractivity contribution in [2.45, 2.75) is 134 Å². The summed E-state index contributed by atoms with van der Waals surface area (Å²) < 4.78 is 74.8. The molecule has 5 rings (SSSR count). The molecule has 5 nitrogen and oxygen atoms in total. The van der Waals surface area contributed by atoms with Crippen molar-refractivity contribution in [3.05, 3.63) is 29.3 Å². The highest BCUT2D eigenvalue weighted by molar-refractivity contribution is 7.99. The number of hydrogen-bond acceptors (Lipinski definition) is 6. The standard InChI is InChI=1S/C38H54F5NO4S/c1-26(45)47-29-12-13-30-28(25-29)24-27(34-31(30)14-18-35(2)32(34)15-19-36(35)16-7-11-33(46)48-36)10-5-4-6-20-44(3)21-9-23-49-22-8-17-37(39,40)38(41,42)43/h12-13,25,27,31-32,34H,4-11,14-24H2,1-3H3/t27-,31-,32+,34-,35+,36+/m1/s1. The fourth-order valence-corrected chi connectivity index (χ4v) is 10.8. The van der Waals surface area contributed by atoms with Crippen LogP contribution in [-0.4, -0.2) is 66.2 Å². The van der Waals surface area contributed by atoms with Crippen molar-refractivity contribution < 1.29 is 41.0 Å². The Kier molecular flexibility index (Phi) is 12.4. The number of alkyl halides is 5. The molecule has 0 bridgehead atoms. The van der Waals surface area contributed by atoms with E-state index in [2.05, 4.69) is 31.0 Å². The van der Waals surface area contributed by atoms with Crippen molar-refractivity contribution >= 4 is 23.7 Å². The van der Waals surface area contributed by atoms with Crippen LogP contribution in [0.2, 0.25) is 0 Å². The van der Waals surface area contributed by atoms with Crippen LogP contribution in [-0.2, 0) is 20.7 Å². The van der Waals surface area contributed by atoms with Gasteiger partial charge in [-0.05, 0) is 149 Å². The van der Waals surface area contributed by atoms with Crippen LogP contribution in [0.4, 0.5) is 22.0 Å². The predicted octanol–water partition coefficient (Wildman–Crippen LogP) is 9.75. The van der Waals surface area contributed by atoms with Crippen molar-refractivity contribution in [2.24, 2.45) is 23.2 Å². The Hall–Kier alpha value is -1.88. The van der Waals surface area contributed by atoms with Crippen molar-refractivity contribution in [1.29, 1.82) is 0 Å². The third-order valence-corrected chi connectivity index (χ3v) is 13.5. The molecule has 1 heterocycles. The number of benzene rings is 1. The van der Waals surface area contributed by atoms with E-state index < -0.39 is 18.5 Å². The van der Waals surface area contributed by atoms with Gasteiger partial charge in [0.25, 0.3) is 0 Å². The molecule has 0 amide bonds. The Morgan fingerprint density at radius 2 is 1.78 bits per heavy atom. The Bertz CT molecular complexity index is 1310. The molecule has 0 radical (unpaired) electrons. The number of hydrogen-bond donors (Lipinski definition) is 0. The van der Waals surface area contributed by atoms with Crippen LogP contribution in [0.1, 0.15) is 121 Å². The van der Waals surface area contributed by atoms with Crippen LogP contribution in [0.5, 0.6) is 5.75 Å². The zero-order valence-corrected chi connectivity index (χ0v) is 30.2. The molecule has 276 valence electrons. The van der Waals surface area contributed by atoms with Crippen LogP contribution < -0.4 is 4.74 Å². The van der Waals surface area contributed by atoms with E-state index in [1.54, 1.807) is 0 Å². The third-order valence-electron chi connectivity index (χ3n) is 12.3. The Morgan fingerprint density at radius 3 is 2.51 bits per heavy atom. The van der Waals surface area contributed by atoms with E-state index >= 15 is 0 Å². The van der Waals surface area contributed by atoms with Gasteiger partial charge in [-0.2, -0.15) is 33.7 Å². The van der Waals surface area contributed by atoms with Crippen molar-refractivity contribution in [3.8, 4) is 5.75 Å². The van der Waals surface area contributed by atoms with Gasteiger partial charge in [0.1, 0.15) is 11.4 Å². The van der Waals surface area contributed by atoms with Gasteiger partial charge >= 0.3 is 24.0 Å². The highest BCUT2D eigenvalue weighted by atomic mass is 32.2. The number of rotatable bonds is 15. The fourth-order valence-electron chi connectivity index (χ4n) is 9.94. The number of carbonyl (C=O) groups is 2. The summed E-state index contributed by atoms with van der Waals surface area (Å²) in [5, 5.41) is 0. The topological polar surface area (TPSA) is 55.8 Å². The largest absolute Gasteiger partial charge is 0.458 e. The summed E-state index contributed by atoms with van der Waals surface area (Å²) in [5.74, 6) is -1.28. The number of ether oxygens (including phenoxy) is 2. The van der Waals surface area contributed by atoms with Gasteiger partial charge in [0, 0.05) is 25.2 Å². The van der Waals surface area contributed by atoms with Crippen LogP contribution in [0.25, 0.3) is 0 Å². The lowest BCUT2D eigenvalue weighted by Gasteiger charge is -2.57. The van der Waals surface area contributed by atoms with Gasteiger partial charge in [0.2, 0.25) is 0 Å². The highest BCUT2D eigenvalue weighted by Crippen LogP contribution is 2.68. The number of unbranched alkanes of at least 4 members (excludes halogenated alkanes) is 2. The maximum Gasteiger partial charge on any atom is 0.453 e. The summed E-state index contributed by atoms with van der Waals surface area (Å²) in [6.07, 6.45) is 6.15. The second-order valence-electron chi connectivity index (χ2n) is 15.4. The van der Waals surface area contributed by atoms with E-state index in [1.165, 1.54) is 29.8 Å². The fraction of sp³-hybridized carbons (Fsp3) is 0.789. The Labute approximate surface area is 292 Å². The molecular formula is C38H54F5NO4S. The molecule has 49 heavy (non-hydrogen) atoms. The zero-order valence-electron chi connectivity index (χ0n) is 29.4. The maximum absolute atomic E-state index is 13.1. The first kappa shape index (κ1) is 38.4. The minimum atomic E-state index is -5.47. The van der Waals surface area contributed by atoms with E-state index in [4.69, 9.17) is 9.47 Å². The molecule has 2 saturated carbocycles. The quantitative estimate of drug-likeness (QED) is 0.0781. The second-order valence-corrected chi connectivity index (χ2v) is 16.7. The molecule has 1 aliphatic heterocycles. The number of fused-ring (bicyclic) bond motifs is 6. The summed E-state index contributed by atoms with van der Waals surface area (Å²) in [6, 6.07) is 6.22. The first-order valence-electron chi connectivity index (χ1n) is 18.4. The van der Waals surface area contributed by atoms with Gasteiger partial charge in [-0.1, -0.05) is 25.8 Å². The average Bonchev–Trinajstić information content (AvgIpc) is 3.29. The first-order chi connectivity index (χ1) is 23.2. The minimum Gasteiger partial charge on any atom is -0.458 e. The highest BCUT2D eigenvalue weighted by Gasteiger charge is 2.65. The van der Waals surface area contributed by atoms with Crippen LogP contribution in [0, 0.1) is 23.2 Å². The van der Waals surface area contributed by atoms with Gasteiger partial charge in [0.15, 0.2) is 0 Å². The van der Waals surface area contributed by atoms with E-state index in [1.807, 2.05) is 6.07 Å². The van der Waals surface area contributed by atoms with Crippen molar-refractivity contribution in [1.82, 2.24) is 4.90 Å². The summed E-state index contributed by atoms with van der Waals surface area (Å²) in [7, 11) is 2.08. The van der Waals surface area contributed by atoms with Crippen molar-refractivity contribution in [3.63, 3.8) is 0 Å². The number of esters is 2. The van der Waals surface area contributed by atoms with Crippen molar-refractivity contribution in [2.75, 3.05) is 31.6 Å². The summed E-state index contributed by atoms with van der Waals surface area (Å²) in [6.45, 7) is 5.67. The molecule has 0 N–H and O–H groups in total. The molecule has 3 fully saturated rings. The van der Waals surface area contributed by atoms with Gasteiger partial charge in [-0.3, -0.25) is 9.59 Å². The number of halogens is 5. The Balaban J connectivity index is 1.12. The summed E-state index contributed by atoms with van der Waals surface area (Å²) in [4.78, 5) is 26.5. The second kappa shape index (κ2) is 15.8. The molecule has 4 aliphatic rings. The molecule has 6 atom stereocenters. The lowest BCUT2D eigenvalue weighted by atomic mass is 9.50. The van der Waals surface area contributed by atoms with E-state index in [0.29, 0.717) is 41.6 Å². The molecule has 1 saturated heterocycles. The predicted molar refractivity (Wildman–Crippen MR) is 182 cm³/mol. The van der Waals surface area contributed by atoms with E-state index in [9.17, 15) is 31.5 Å². The molecule has 11 heteroatoms. The van der Waals surface area contributed by atoms with Crippen LogP contribution in [0.3, 0.4) is 0 Å². The van der Waals surface area contributed by atoms with Gasteiger partial charge < -0.3 is 14.4 Å².